The van der Waals surface area contributed by atoms with Crippen LogP contribution in [0.15, 0.2) is 49.2 Å². The Hall–Kier alpha value is -4.99. The topological polar surface area (TPSA) is 90.6 Å². The highest BCUT2D eigenvalue weighted by molar-refractivity contribution is 6.04. The second-order valence-electron chi connectivity index (χ2n) is 12.6. The van der Waals surface area contributed by atoms with Crippen LogP contribution in [-0.4, -0.2) is 74.2 Å². The van der Waals surface area contributed by atoms with Crippen molar-refractivity contribution in [2.45, 2.75) is 25.4 Å². The summed E-state index contributed by atoms with van der Waals surface area (Å²) in [4.78, 5) is 27.5. The Balaban J connectivity index is 1.20. The number of hydrogen-bond acceptors (Lipinski definition) is 6. The number of fused-ring (bicyclic) bond motifs is 4. The van der Waals surface area contributed by atoms with Crippen molar-refractivity contribution in [1.82, 2.24) is 28.4 Å². The number of pyridine rings is 1. The summed E-state index contributed by atoms with van der Waals surface area (Å²) in [7, 11) is 3.56. The molecule has 8 rings (SSSR count). The summed E-state index contributed by atoms with van der Waals surface area (Å²) >= 11 is 0. The van der Waals surface area contributed by atoms with E-state index in [0.29, 0.717) is 48.3 Å². The van der Waals surface area contributed by atoms with Crippen LogP contribution >= 0.6 is 0 Å². The Kier molecular flexibility index (Phi) is 5.82. The zero-order valence-corrected chi connectivity index (χ0v) is 24.8. The number of rotatable bonds is 1. The molecule has 10 nitrogen and oxygen atoms in total. The van der Waals surface area contributed by atoms with Gasteiger partial charge in [0, 0.05) is 82.0 Å². The number of halogens is 3. The van der Waals surface area contributed by atoms with Crippen LogP contribution in [0, 0.1) is 16.7 Å². The number of aryl methyl sites for hydroxylation is 1. The van der Waals surface area contributed by atoms with Crippen LogP contribution in [0.4, 0.5) is 29.5 Å². The Labute approximate surface area is 256 Å². The van der Waals surface area contributed by atoms with Crippen LogP contribution in [0.1, 0.15) is 29.8 Å². The number of likely N-dealkylation sites (N-methyl/N-ethyl adjacent to an activating group) is 1. The maximum atomic E-state index is 14.8. The molecule has 1 amide bonds. The molecule has 45 heavy (non-hydrogen) atoms. The highest BCUT2D eigenvalue weighted by Gasteiger charge is 2.48. The molecule has 0 radical (unpaired) electrons. The highest BCUT2D eigenvalue weighted by Crippen LogP contribution is 2.49. The minimum absolute atomic E-state index is 0.0660. The van der Waals surface area contributed by atoms with E-state index in [2.05, 4.69) is 20.9 Å². The van der Waals surface area contributed by atoms with Crippen LogP contribution in [0.25, 0.3) is 27.7 Å². The van der Waals surface area contributed by atoms with Gasteiger partial charge >= 0.3 is 12.2 Å². The molecule has 0 unspecified atom stereocenters. The summed E-state index contributed by atoms with van der Waals surface area (Å²) in [5.41, 5.74) is 3.22. The van der Waals surface area contributed by atoms with Gasteiger partial charge in [0.15, 0.2) is 0 Å². The first-order chi connectivity index (χ1) is 21.6. The summed E-state index contributed by atoms with van der Waals surface area (Å²) in [6.45, 7) is 3.21. The number of carbonyl (C=O) groups excluding carboxylic acids is 1. The van der Waals surface area contributed by atoms with E-state index >= 15 is 0 Å². The van der Waals surface area contributed by atoms with E-state index in [1.807, 2.05) is 34.7 Å². The number of anilines is 2. The molecule has 230 valence electrons. The van der Waals surface area contributed by atoms with Gasteiger partial charge in [0.05, 0.1) is 28.6 Å². The summed E-state index contributed by atoms with van der Waals surface area (Å²) in [5.74, 6) is 1.02. The highest BCUT2D eigenvalue weighted by atomic mass is 19.4. The van der Waals surface area contributed by atoms with Crippen molar-refractivity contribution in [3.05, 3.63) is 66.1 Å². The summed E-state index contributed by atoms with van der Waals surface area (Å²) in [5, 5.41) is 9.30. The number of piperidine rings is 1. The number of aromatic nitrogens is 5. The molecule has 0 N–H and O–H groups in total. The average Bonchev–Trinajstić information content (AvgIpc) is 3.73. The largest absolute Gasteiger partial charge is 0.417 e. The fourth-order valence-corrected chi connectivity index (χ4v) is 7.73. The van der Waals surface area contributed by atoms with Gasteiger partial charge < -0.3 is 23.7 Å². The zero-order chi connectivity index (χ0) is 31.2. The number of hydrogen-bond donors (Lipinski definition) is 0. The molecule has 7 heterocycles. The van der Waals surface area contributed by atoms with E-state index in [1.165, 1.54) is 23.0 Å². The van der Waals surface area contributed by atoms with Gasteiger partial charge in [-0.1, -0.05) is 6.07 Å². The van der Waals surface area contributed by atoms with Crippen molar-refractivity contribution in [2.75, 3.05) is 49.6 Å². The van der Waals surface area contributed by atoms with E-state index in [0.717, 1.165) is 42.8 Å². The van der Waals surface area contributed by atoms with E-state index < -0.39 is 11.7 Å². The van der Waals surface area contributed by atoms with E-state index in [-0.39, 0.29) is 22.8 Å². The molecule has 5 aromatic rings. The number of nitrogens with zero attached hydrogens (tertiary/aromatic N) is 9. The first kappa shape index (κ1) is 27.6. The molecule has 13 heteroatoms. The van der Waals surface area contributed by atoms with Gasteiger partial charge in [0.1, 0.15) is 17.4 Å². The minimum atomic E-state index is -4.57. The van der Waals surface area contributed by atoms with Crippen molar-refractivity contribution in [1.29, 1.82) is 5.26 Å². The number of imidazole rings is 2. The second-order valence-corrected chi connectivity index (χ2v) is 12.6. The Morgan fingerprint density at radius 2 is 1.91 bits per heavy atom. The van der Waals surface area contributed by atoms with Crippen molar-refractivity contribution in [3.63, 3.8) is 0 Å². The first-order valence-corrected chi connectivity index (χ1v) is 15.0. The lowest BCUT2D eigenvalue weighted by Gasteiger charge is -2.54. The van der Waals surface area contributed by atoms with Crippen molar-refractivity contribution in [3.8, 4) is 17.2 Å². The van der Waals surface area contributed by atoms with Crippen LogP contribution in [0.5, 0.6) is 0 Å². The number of likely N-dealkylation sites (tertiary alicyclic amines) is 1. The molecular formula is C32H30F3N9O. The molecule has 0 aliphatic carbocycles. The van der Waals surface area contributed by atoms with Crippen LogP contribution < -0.4 is 9.80 Å². The quantitative estimate of drug-likeness (QED) is 0.260. The van der Waals surface area contributed by atoms with Gasteiger partial charge in [0.2, 0.25) is 5.82 Å². The molecule has 3 aliphatic rings. The van der Waals surface area contributed by atoms with Crippen molar-refractivity contribution >= 4 is 34.1 Å². The van der Waals surface area contributed by atoms with Gasteiger partial charge in [0.25, 0.3) is 0 Å². The number of carbonyl (C=O) groups is 1. The predicted octanol–water partition coefficient (Wildman–Crippen LogP) is 5.14. The molecule has 2 saturated heterocycles. The molecule has 3 aliphatic heterocycles. The van der Waals surface area contributed by atoms with Crippen LogP contribution in [0.3, 0.4) is 0 Å². The lowest BCUT2D eigenvalue weighted by Crippen LogP contribution is -2.65. The molecule has 1 aromatic carbocycles. The Bertz CT molecular complexity index is 2060. The fraction of sp³-hybridized carbons (Fsp3) is 0.375. The molecule has 0 bridgehead atoms. The third-order valence-corrected chi connectivity index (χ3v) is 9.77. The smallest absolute Gasteiger partial charge is 0.372 e. The van der Waals surface area contributed by atoms with E-state index in [4.69, 9.17) is 0 Å². The van der Waals surface area contributed by atoms with Crippen LogP contribution in [-0.2, 0) is 19.6 Å². The third-order valence-electron chi connectivity index (χ3n) is 9.77. The normalized spacial score (nSPS) is 17.7. The molecule has 2 fully saturated rings. The van der Waals surface area contributed by atoms with Crippen molar-refractivity contribution in [2.24, 2.45) is 12.5 Å². The standard InChI is InChI=1S/C32H30F3N9O/c1-39-11-6-20-13-25(41-9-4-7-31(16-41)17-42(18-31)30(45)43-12-8-37-24(43)15-36)44-10-3-5-21(28(20)44)26-22(32(33,34)35)14-23-27(29(26)39)38-19-40(23)2/h3,5,8,10,12-14,19H,4,6-7,9,11,16-18H2,1-2H3. The lowest BCUT2D eigenvalue weighted by atomic mass is 9.73. The summed E-state index contributed by atoms with van der Waals surface area (Å²) < 4.78 is 49.4. The lowest BCUT2D eigenvalue weighted by molar-refractivity contribution is -0.137. The van der Waals surface area contributed by atoms with Gasteiger partial charge in [-0.3, -0.25) is 0 Å². The molecule has 0 saturated carbocycles. The molecular weight excluding hydrogens is 583 g/mol. The summed E-state index contributed by atoms with van der Waals surface area (Å²) in [6.07, 6.45) is 4.46. The monoisotopic (exact) mass is 613 g/mol. The number of amides is 1. The van der Waals surface area contributed by atoms with Gasteiger partial charge in [-0.25, -0.2) is 19.3 Å². The number of nitriles is 1. The second kappa shape index (κ2) is 9.50. The van der Waals surface area contributed by atoms with E-state index in [1.54, 1.807) is 28.9 Å². The van der Waals surface area contributed by atoms with Gasteiger partial charge in [-0.2, -0.15) is 18.4 Å². The maximum absolute atomic E-state index is 14.8. The van der Waals surface area contributed by atoms with Crippen LogP contribution in [0.2, 0.25) is 0 Å². The number of alkyl halides is 3. The average molecular weight is 614 g/mol. The Morgan fingerprint density at radius 3 is 2.69 bits per heavy atom. The molecule has 0 atom stereocenters. The third kappa shape index (κ3) is 4.04. The van der Waals surface area contributed by atoms with Gasteiger partial charge in [-0.15, -0.1) is 0 Å². The minimum Gasteiger partial charge on any atom is -0.372 e. The SMILES string of the molecule is CN1CCc2cc(N3CCCC4(CN(C(=O)n5ccnc5C#N)C4)C3)n3cccc(c23)-c2c(C(F)(F)F)cc3c(ncn3C)c21. The fourth-order valence-electron chi connectivity index (χ4n) is 7.73. The zero-order valence-electron chi connectivity index (χ0n) is 24.8. The summed E-state index contributed by atoms with van der Waals surface area (Å²) in [6, 6.07) is 8.68. The predicted molar refractivity (Wildman–Crippen MR) is 162 cm³/mol. The number of benzene rings is 1. The van der Waals surface area contributed by atoms with Gasteiger partial charge in [-0.05, 0) is 43.0 Å². The van der Waals surface area contributed by atoms with E-state index in [9.17, 15) is 23.2 Å². The molecule has 1 spiro atoms. The van der Waals surface area contributed by atoms with Crippen molar-refractivity contribution < 1.29 is 18.0 Å². The Morgan fingerprint density at radius 1 is 1.09 bits per heavy atom. The maximum Gasteiger partial charge on any atom is 0.417 e. The molecule has 4 aromatic heterocycles. The first-order valence-electron chi connectivity index (χ1n) is 15.0.